The van der Waals surface area contributed by atoms with Crippen molar-refractivity contribution < 1.29 is 37.4 Å². The van der Waals surface area contributed by atoms with Crippen LogP contribution in [0.15, 0.2) is 48.5 Å². The van der Waals surface area contributed by atoms with Crippen LogP contribution in [-0.2, 0) is 24.5 Å². The maximum Gasteiger partial charge on any atom is 0.407 e. The molecule has 2 unspecified atom stereocenters. The maximum absolute atomic E-state index is 16.7. The zero-order valence-corrected chi connectivity index (χ0v) is 39.8. The Morgan fingerprint density at radius 2 is 1.07 bits per heavy atom. The number of likely N-dealkylation sites (tertiary alicyclic amines) is 2. The Morgan fingerprint density at radius 3 is 1.45 bits per heavy atom. The quantitative estimate of drug-likeness (QED) is 0.101. The number of aromatic nitrogens is 4. The number of hydrogen-bond donors (Lipinski definition) is 4. The molecule has 4 amide bonds. The fourth-order valence-electron chi connectivity index (χ4n) is 10.3. The smallest absolute Gasteiger partial charge is 0.407 e. The van der Waals surface area contributed by atoms with Crippen LogP contribution in [0.4, 0.5) is 24.1 Å². The number of halogens is 2. The molecule has 358 valence electrons. The Labute approximate surface area is 389 Å². The predicted molar refractivity (Wildman–Crippen MR) is 250 cm³/mol. The molecular formula is C50H63F2N9O6. The van der Waals surface area contributed by atoms with Crippen molar-refractivity contribution in [2.45, 2.75) is 129 Å². The monoisotopic (exact) mass is 923 g/mol. The molecule has 3 aromatic carbocycles. The molecule has 17 heteroatoms. The summed E-state index contributed by atoms with van der Waals surface area (Å²) in [6.45, 7) is 14.8. The molecule has 5 aromatic rings. The van der Waals surface area contributed by atoms with E-state index in [-0.39, 0.29) is 29.1 Å². The lowest BCUT2D eigenvalue weighted by atomic mass is 9.87. The van der Waals surface area contributed by atoms with E-state index in [1.807, 2.05) is 39.8 Å². The molecule has 3 fully saturated rings. The van der Waals surface area contributed by atoms with E-state index in [1.165, 1.54) is 26.4 Å². The van der Waals surface area contributed by atoms with Gasteiger partial charge in [-0.15, -0.1) is 0 Å². The van der Waals surface area contributed by atoms with Gasteiger partial charge >= 0.3 is 12.2 Å². The largest absolute Gasteiger partial charge is 0.453 e. The van der Waals surface area contributed by atoms with Gasteiger partial charge in [0.15, 0.2) is 0 Å². The number of methoxy groups -OCH3 is 2. The zero-order valence-electron chi connectivity index (χ0n) is 39.8. The van der Waals surface area contributed by atoms with Crippen LogP contribution in [0.1, 0.15) is 139 Å². The van der Waals surface area contributed by atoms with E-state index in [2.05, 4.69) is 58.4 Å². The molecule has 0 saturated carbocycles. The number of nitrogens with one attached hydrogen (secondary N) is 4. The van der Waals surface area contributed by atoms with Crippen LogP contribution in [0.5, 0.6) is 0 Å². The first-order valence-electron chi connectivity index (χ1n) is 23.4. The van der Waals surface area contributed by atoms with Gasteiger partial charge in [-0.1, -0.05) is 60.6 Å². The van der Waals surface area contributed by atoms with E-state index in [4.69, 9.17) is 19.4 Å². The molecule has 0 bridgehead atoms. The molecule has 3 saturated heterocycles. The fraction of sp³-hybridized carbons (Fsp3) is 0.520. The molecule has 4 N–H and O–H groups in total. The van der Waals surface area contributed by atoms with Crippen LogP contribution in [0, 0.1) is 23.5 Å². The van der Waals surface area contributed by atoms with Crippen molar-refractivity contribution in [3.05, 3.63) is 88.5 Å². The van der Waals surface area contributed by atoms with E-state index in [1.54, 1.807) is 21.9 Å². The molecule has 0 aliphatic carbocycles. The molecule has 5 heterocycles. The number of amides is 4. The first-order chi connectivity index (χ1) is 31.9. The van der Waals surface area contributed by atoms with E-state index in [0.717, 1.165) is 24.1 Å². The number of nitrogens with zero attached hydrogens (tertiary/aromatic N) is 5. The van der Waals surface area contributed by atoms with Gasteiger partial charge < -0.3 is 44.8 Å². The van der Waals surface area contributed by atoms with Gasteiger partial charge in [0, 0.05) is 42.0 Å². The minimum Gasteiger partial charge on any atom is -0.453 e. The number of aromatic amines is 2. The maximum atomic E-state index is 16.7. The zero-order chi connectivity index (χ0) is 48.1. The highest BCUT2D eigenvalue weighted by Crippen LogP contribution is 2.49. The summed E-state index contributed by atoms with van der Waals surface area (Å²) in [5.74, 6) is -0.687. The minimum atomic E-state index is -0.796. The van der Waals surface area contributed by atoms with Crippen molar-refractivity contribution in [3.63, 3.8) is 0 Å². The number of imidazole rings is 2. The van der Waals surface area contributed by atoms with Crippen LogP contribution < -0.4 is 15.5 Å². The Balaban J connectivity index is 1.12. The highest BCUT2D eigenvalue weighted by molar-refractivity contribution is 5.88. The Kier molecular flexibility index (Phi) is 13.2. The summed E-state index contributed by atoms with van der Waals surface area (Å²) in [5, 5.41) is 5.36. The number of carbonyl (C=O) groups excluding carboxylic acids is 4. The van der Waals surface area contributed by atoms with Gasteiger partial charge in [-0.05, 0) is 85.6 Å². The van der Waals surface area contributed by atoms with Crippen LogP contribution in [-0.4, -0.2) is 93.1 Å². The highest BCUT2D eigenvalue weighted by Gasteiger charge is 2.42. The number of H-pyrrole nitrogens is 2. The molecule has 3 aliphatic rings. The molecule has 0 radical (unpaired) electrons. The van der Waals surface area contributed by atoms with Crippen molar-refractivity contribution in [1.82, 2.24) is 40.4 Å². The Hall–Kier alpha value is -6.26. The third-order valence-electron chi connectivity index (χ3n) is 13.9. The molecule has 67 heavy (non-hydrogen) atoms. The van der Waals surface area contributed by atoms with Crippen molar-refractivity contribution in [2.24, 2.45) is 11.8 Å². The topological polar surface area (TPSA) is 178 Å². The van der Waals surface area contributed by atoms with E-state index in [0.29, 0.717) is 83.6 Å². The SMILES string of the molecule is COC(=O)N[C@H](C(=O)N1CCC[C@H]1c1nc2cc(F)c(C3CCC(c4cc5[nH]c([C@@H]6CCCN6C(=O)[C@@H](NC(=O)OC)C(C)C)nc5cc4F)N3c3ccc(C(C)(C)C)cc3)cc2[nH]1)C(C)C. The number of ether oxygens (including phenoxy) is 2. The first kappa shape index (κ1) is 47.2. The molecule has 8 rings (SSSR count). The number of benzene rings is 3. The van der Waals surface area contributed by atoms with Crippen LogP contribution in [0.25, 0.3) is 22.1 Å². The van der Waals surface area contributed by atoms with Crippen molar-refractivity contribution in [2.75, 3.05) is 32.2 Å². The second-order valence-electron chi connectivity index (χ2n) is 19.9. The highest BCUT2D eigenvalue weighted by atomic mass is 19.1. The van der Waals surface area contributed by atoms with Gasteiger partial charge in [0.2, 0.25) is 11.8 Å². The normalized spacial score (nSPS) is 20.9. The second-order valence-corrected chi connectivity index (χ2v) is 19.9. The third kappa shape index (κ3) is 9.25. The summed E-state index contributed by atoms with van der Waals surface area (Å²) >= 11 is 0. The van der Waals surface area contributed by atoms with E-state index in [9.17, 15) is 19.2 Å². The summed E-state index contributed by atoms with van der Waals surface area (Å²) in [7, 11) is 2.52. The molecule has 2 aromatic heterocycles. The van der Waals surface area contributed by atoms with E-state index >= 15 is 8.78 Å². The number of rotatable bonds is 11. The number of alkyl carbamates (subject to hydrolysis) is 2. The van der Waals surface area contributed by atoms with Gasteiger partial charge in [0.1, 0.15) is 35.4 Å². The lowest BCUT2D eigenvalue weighted by Crippen LogP contribution is -2.51. The van der Waals surface area contributed by atoms with Gasteiger partial charge in [-0.25, -0.2) is 28.3 Å². The number of anilines is 1. The van der Waals surface area contributed by atoms with Crippen molar-refractivity contribution >= 4 is 51.8 Å². The standard InChI is InChI=1S/C50H63F2N9O6/c1-26(2)42(57-48(64)66-8)46(62)59-20-10-12-40(59)44-53-34-22-30(32(51)24-36(34)55-44)38-18-19-39(61(38)29-16-14-28(15-17-29)50(5,6)7)31-23-35-37(25-33(31)52)56-45(54-35)41-13-11-21-60(41)47(63)43(27(3)4)58-49(65)67-9/h14-17,22-27,38-43H,10-13,18-21H2,1-9H3,(H,53,55)(H,54,56)(H,57,64)(H,58,65)/t38?,39?,40-,41-,42-,43-/m0/s1. The number of hydrogen-bond acceptors (Lipinski definition) is 9. The Bertz CT molecular complexity index is 2510. The second kappa shape index (κ2) is 18.8. The van der Waals surface area contributed by atoms with Gasteiger partial charge in [0.25, 0.3) is 0 Å². The molecular weight excluding hydrogens is 861 g/mol. The lowest BCUT2D eigenvalue weighted by Gasteiger charge is -2.34. The van der Waals surface area contributed by atoms with Gasteiger partial charge in [0.05, 0.1) is 60.5 Å². The summed E-state index contributed by atoms with van der Waals surface area (Å²) in [6, 6.07) is 11.3. The molecule has 3 aliphatic heterocycles. The summed E-state index contributed by atoms with van der Waals surface area (Å²) in [5.41, 5.74) is 4.77. The Morgan fingerprint density at radius 1 is 0.657 bits per heavy atom. The first-order valence-corrected chi connectivity index (χ1v) is 23.4. The van der Waals surface area contributed by atoms with Crippen LogP contribution in [0.3, 0.4) is 0 Å². The predicted octanol–water partition coefficient (Wildman–Crippen LogP) is 9.19. The molecule has 15 nitrogen and oxygen atoms in total. The van der Waals surface area contributed by atoms with Crippen LogP contribution >= 0.6 is 0 Å². The summed E-state index contributed by atoms with van der Waals surface area (Å²) < 4.78 is 43.0. The average molecular weight is 924 g/mol. The van der Waals surface area contributed by atoms with Crippen molar-refractivity contribution in [1.29, 1.82) is 0 Å². The average Bonchev–Trinajstić information content (AvgIpc) is 4.15. The van der Waals surface area contributed by atoms with E-state index < -0.39 is 60.1 Å². The van der Waals surface area contributed by atoms with Gasteiger partial charge in [-0.2, -0.15) is 0 Å². The molecule has 6 atom stereocenters. The van der Waals surface area contributed by atoms with Crippen molar-refractivity contribution in [3.8, 4) is 0 Å². The third-order valence-corrected chi connectivity index (χ3v) is 13.9. The summed E-state index contributed by atoms with van der Waals surface area (Å²) in [6.07, 6.45) is 2.42. The number of fused-ring (bicyclic) bond motifs is 2. The summed E-state index contributed by atoms with van der Waals surface area (Å²) in [4.78, 5) is 74.1. The number of carbonyl (C=O) groups is 4. The van der Waals surface area contributed by atoms with Gasteiger partial charge in [-0.3, -0.25) is 9.59 Å². The molecule has 0 spiro atoms. The van der Waals surface area contributed by atoms with Crippen LogP contribution in [0.2, 0.25) is 0 Å². The lowest BCUT2D eigenvalue weighted by molar-refractivity contribution is -0.136. The minimum absolute atomic E-state index is 0.118. The fourth-order valence-corrected chi connectivity index (χ4v) is 10.3.